The highest BCUT2D eigenvalue weighted by Crippen LogP contribution is 2.20. The van der Waals surface area contributed by atoms with Gasteiger partial charge in [-0.2, -0.15) is 0 Å². The van der Waals surface area contributed by atoms with E-state index in [-0.39, 0.29) is 12.6 Å². The molecule has 1 atom stereocenters. The van der Waals surface area contributed by atoms with Crippen LogP contribution in [0.4, 0.5) is 10.5 Å². The van der Waals surface area contributed by atoms with Crippen molar-refractivity contribution in [3.63, 3.8) is 0 Å². The second-order valence-electron chi connectivity index (χ2n) is 5.44. The summed E-state index contributed by atoms with van der Waals surface area (Å²) in [4.78, 5) is 18.0. The van der Waals surface area contributed by atoms with Gasteiger partial charge in [-0.3, -0.25) is 4.98 Å². The summed E-state index contributed by atoms with van der Waals surface area (Å²) in [7, 11) is 0. The zero-order valence-corrected chi connectivity index (χ0v) is 14.0. The van der Waals surface area contributed by atoms with E-state index in [1.54, 1.807) is 36.4 Å². The van der Waals surface area contributed by atoms with Crippen molar-refractivity contribution in [1.82, 2.24) is 9.88 Å². The fourth-order valence-electron chi connectivity index (χ4n) is 2.31. The molecule has 128 valence electrons. The summed E-state index contributed by atoms with van der Waals surface area (Å²) in [5.41, 5.74) is 1.55. The number of carbonyl (C=O) groups is 1. The fraction of sp³-hybridized carbons (Fsp3) is 0.333. The zero-order chi connectivity index (χ0) is 17.4. The molecule has 2 amide bonds. The van der Waals surface area contributed by atoms with Gasteiger partial charge >= 0.3 is 6.03 Å². The average molecular weight is 329 g/mol. The molecule has 0 fully saturated rings. The number of benzene rings is 1. The number of amides is 2. The summed E-state index contributed by atoms with van der Waals surface area (Å²) in [6.07, 6.45) is 2.59. The van der Waals surface area contributed by atoms with Gasteiger partial charge in [0.1, 0.15) is 5.75 Å². The van der Waals surface area contributed by atoms with Gasteiger partial charge in [0.15, 0.2) is 0 Å². The Morgan fingerprint density at radius 3 is 2.67 bits per heavy atom. The Kier molecular flexibility index (Phi) is 6.57. The Labute approximate surface area is 142 Å². The van der Waals surface area contributed by atoms with Gasteiger partial charge in [0.2, 0.25) is 0 Å². The molecule has 1 aromatic carbocycles. The van der Waals surface area contributed by atoms with Gasteiger partial charge in [-0.05, 0) is 32.0 Å². The molecule has 0 aliphatic heterocycles. The molecule has 0 spiro atoms. The Morgan fingerprint density at radius 1 is 1.29 bits per heavy atom. The average Bonchev–Trinajstić information content (AvgIpc) is 2.56. The van der Waals surface area contributed by atoms with E-state index in [1.807, 2.05) is 31.2 Å². The maximum absolute atomic E-state index is 12.6. The number of aliphatic hydroxyl groups excluding tert-OH is 1. The number of para-hydroxylation sites is 1. The van der Waals surface area contributed by atoms with Crippen molar-refractivity contribution >= 4 is 11.7 Å². The minimum absolute atomic E-state index is 0.220. The molecule has 0 saturated carbocycles. The Morgan fingerprint density at radius 2 is 2.00 bits per heavy atom. The van der Waals surface area contributed by atoms with E-state index in [4.69, 9.17) is 4.74 Å². The highest BCUT2D eigenvalue weighted by Gasteiger charge is 2.18. The molecule has 0 saturated heterocycles. The molecule has 6 nitrogen and oxygen atoms in total. The molecule has 1 heterocycles. The van der Waals surface area contributed by atoms with Crippen LogP contribution in [0.3, 0.4) is 0 Å². The minimum Gasteiger partial charge on any atom is -0.494 e. The van der Waals surface area contributed by atoms with Crippen LogP contribution in [0, 0.1) is 0 Å². The van der Waals surface area contributed by atoms with E-state index in [9.17, 15) is 9.90 Å². The number of hydrogen-bond acceptors (Lipinski definition) is 4. The number of urea groups is 1. The van der Waals surface area contributed by atoms with E-state index >= 15 is 0 Å². The third-order valence-electron chi connectivity index (χ3n) is 3.34. The van der Waals surface area contributed by atoms with Crippen molar-refractivity contribution in [2.24, 2.45) is 0 Å². The van der Waals surface area contributed by atoms with Gasteiger partial charge in [-0.15, -0.1) is 0 Å². The monoisotopic (exact) mass is 329 g/mol. The van der Waals surface area contributed by atoms with Crippen LogP contribution in [0.1, 0.15) is 19.4 Å². The molecule has 0 radical (unpaired) electrons. The number of hydrogen-bond donors (Lipinski definition) is 2. The lowest BCUT2D eigenvalue weighted by Crippen LogP contribution is -2.39. The molecule has 2 aromatic rings. The first-order valence-corrected chi connectivity index (χ1v) is 7.95. The normalized spacial score (nSPS) is 11.6. The van der Waals surface area contributed by atoms with E-state index in [2.05, 4.69) is 10.3 Å². The zero-order valence-electron chi connectivity index (χ0n) is 14.0. The summed E-state index contributed by atoms with van der Waals surface area (Å²) in [6, 6.07) is 10.7. The van der Waals surface area contributed by atoms with Gasteiger partial charge in [-0.25, -0.2) is 4.79 Å². The number of nitrogens with one attached hydrogen (secondary N) is 1. The summed E-state index contributed by atoms with van der Waals surface area (Å²) in [5.74, 6) is 0.743. The highest BCUT2D eigenvalue weighted by molar-refractivity contribution is 5.89. The van der Waals surface area contributed by atoms with Crippen molar-refractivity contribution < 1.29 is 14.6 Å². The van der Waals surface area contributed by atoms with Crippen LogP contribution >= 0.6 is 0 Å². The number of aliphatic hydroxyl groups is 1. The number of carbonyl (C=O) groups excluding carboxylic acids is 1. The van der Waals surface area contributed by atoms with E-state index in [0.29, 0.717) is 18.8 Å². The maximum atomic E-state index is 12.6. The highest BCUT2D eigenvalue weighted by atomic mass is 16.5. The molecular weight excluding hydrogens is 306 g/mol. The standard InChI is InChI=1S/C18H23N3O3/c1-3-24-17-7-5-4-6-15(17)13-21(12-14(2)22)18(23)20-16-8-10-19-11-9-16/h4-11,14,22H,3,12-13H2,1-2H3,(H,19,20,23)/t14-/m0/s1. The SMILES string of the molecule is CCOc1ccccc1CN(C[C@H](C)O)C(=O)Nc1ccncc1. The van der Waals surface area contributed by atoms with Gasteiger partial charge in [0.25, 0.3) is 0 Å². The number of rotatable bonds is 7. The Bertz CT molecular complexity index is 647. The van der Waals surface area contributed by atoms with Gasteiger partial charge < -0.3 is 20.1 Å². The predicted molar refractivity (Wildman–Crippen MR) is 93.0 cm³/mol. The number of aromatic nitrogens is 1. The first kappa shape index (κ1) is 17.7. The molecule has 6 heteroatoms. The number of nitrogens with zero attached hydrogens (tertiary/aromatic N) is 2. The third kappa shape index (κ3) is 5.24. The summed E-state index contributed by atoms with van der Waals surface area (Å²) in [5, 5.41) is 12.5. The van der Waals surface area contributed by atoms with Crippen LogP contribution in [-0.2, 0) is 6.54 Å². The molecule has 0 aliphatic carbocycles. The lowest BCUT2D eigenvalue weighted by atomic mass is 10.2. The molecule has 24 heavy (non-hydrogen) atoms. The lowest BCUT2D eigenvalue weighted by Gasteiger charge is -2.25. The van der Waals surface area contributed by atoms with E-state index < -0.39 is 6.10 Å². The van der Waals surface area contributed by atoms with Gasteiger partial charge in [0, 0.05) is 30.2 Å². The van der Waals surface area contributed by atoms with Crippen molar-refractivity contribution in [2.75, 3.05) is 18.5 Å². The number of ether oxygens (including phenoxy) is 1. The second-order valence-corrected chi connectivity index (χ2v) is 5.44. The molecule has 0 aliphatic rings. The first-order valence-electron chi connectivity index (χ1n) is 7.95. The van der Waals surface area contributed by atoms with E-state index in [0.717, 1.165) is 11.3 Å². The summed E-state index contributed by atoms with van der Waals surface area (Å²) in [6.45, 7) is 4.69. The number of pyridine rings is 1. The lowest BCUT2D eigenvalue weighted by molar-refractivity contribution is 0.135. The van der Waals surface area contributed by atoms with E-state index in [1.165, 1.54) is 0 Å². The van der Waals surface area contributed by atoms with Crippen molar-refractivity contribution in [3.8, 4) is 5.75 Å². The largest absolute Gasteiger partial charge is 0.494 e. The summed E-state index contributed by atoms with van der Waals surface area (Å²) < 4.78 is 5.61. The smallest absolute Gasteiger partial charge is 0.322 e. The molecule has 0 unspecified atom stereocenters. The van der Waals surface area contributed by atoms with Gasteiger partial charge in [-0.1, -0.05) is 18.2 Å². The second kappa shape index (κ2) is 8.88. The first-order chi connectivity index (χ1) is 11.6. The van der Waals surface area contributed by atoms with Crippen molar-refractivity contribution in [3.05, 3.63) is 54.4 Å². The van der Waals surface area contributed by atoms with Gasteiger partial charge in [0.05, 0.1) is 19.3 Å². The molecular formula is C18H23N3O3. The molecule has 1 aromatic heterocycles. The fourth-order valence-corrected chi connectivity index (χ4v) is 2.31. The van der Waals surface area contributed by atoms with Crippen LogP contribution in [0.15, 0.2) is 48.8 Å². The Balaban J connectivity index is 2.14. The van der Waals surface area contributed by atoms with Crippen molar-refractivity contribution in [1.29, 1.82) is 0 Å². The Hall–Kier alpha value is -2.60. The minimum atomic E-state index is -0.632. The molecule has 0 bridgehead atoms. The van der Waals surface area contributed by atoms with Crippen LogP contribution < -0.4 is 10.1 Å². The third-order valence-corrected chi connectivity index (χ3v) is 3.34. The van der Waals surface area contributed by atoms with Crippen LogP contribution in [0.5, 0.6) is 5.75 Å². The topological polar surface area (TPSA) is 74.7 Å². The van der Waals surface area contributed by atoms with Crippen LogP contribution in [0.2, 0.25) is 0 Å². The summed E-state index contributed by atoms with van der Waals surface area (Å²) >= 11 is 0. The predicted octanol–water partition coefficient (Wildman–Crippen LogP) is 2.90. The van der Waals surface area contributed by atoms with Crippen LogP contribution in [-0.4, -0.2) is 40.3 Å². The maximum Gasteiger partial charge on any atom is 0.322 e. The van der Waals surface area contributed by atoms with Crippen LogP contribution in [0.25, 0.3) is 0 Å². The molecule has 2 N–H and O–H groups in total. The number of anilines is 1. The quantitative estimate of drug-likeness (QED) is 0.819. The van der Waals surface area contributed by atoms with Crippen molar-refractivity contribution in [2.45, 2.75) is 26.5 Å². The molecule has 2 rings (SSSR count).